The average molecular weight is 338 g/mol. The highest BCUT2D eigenvalue weighted by molar-refractivity contribution is 5.67. The van der Waals surface area contributed by atoms with Crippen molar-refractivity contribution < 1.29 is 4.39 Å². The van der Waals surface area contributed by atoms with E-state index in [4.69, 9.17) is 5.73 Å². The van der Waals surface area contributed by atoms with Crippen LogP contribution in [0.3, 0.4) is 0 Å². The van der Waals surface area contributed by atoms with Crippen LogP contribution in [0.15, 0.2) is 30.6 Å². The number of rotatable bonds is 2. The SMILES string of the molecule is Cc1nc(N)nc2c1CNC(c1ccc(F)cc1-c1cnn(C)c1)C2. The van der Waals surface area contributed by atoms with Crippen LogP contribution in [0.25, 0.3) is 11.1 Å². The Hall–Kier alpha value is -2.80. The van der Waals surface area contributed by atoms with Crippen molar-refractivity contribution in [2.75, 3.05) is 5.73 Å². The second-order valence-corrected chi connectivity index (χ2v) is 6.36. The van der Waals surface area contributed by atoms with Crippen LogP contribution in [-0.2, 0) is 20.0 Å². The predicted octanol–water partition coefficient (Wildman–Crippen LogP) is 2.29. The number of benzene rings is 1. The summed E-state index contributed by atoms with van der Waals surface area (Å²) in [5.41, 5.74) is 11.5. The highest BCUT2D eigenvalue weighted by Gasteiger charge is 2.25. The van der Waals surface area contributed by atoms with E-state index in [9.17, 15) is 4.39 Å². The van der Waals surface area contributed by atoms with Gasteiger partial charge in [-0.3, -0.25) is 4.68 Å². The summed E-state index contributed by atoms with van der Waals surface area (Å²) in [5, 5.41) is 7.72. The van der Waals surface area contributed by atoms with Gasteiger partial charge in [0, 0.05) is 49.1 Å². The van der Waals surface area contributed by atoms with Gasteiger partial charge in [0.15, 0.2) is 0 Å². The number of aromatic nitrogens is 4. The Balaban J connectivity index is 1.76. The number of hydrogen-bond donors (Lipinski definition) is 2. The summed E-state index contributed by atoms with van der Waals surface area (Å²) in [6.07, 6.45) is 4.32. The van der Waals surface area contributed by atoms with E-state index in [1.165, 1.54) is 6.07 Å². The smallest absolute Gasteiger partial charge is 0.220 e. The lowest BCUT2D eigenvalue weighted by atomic mass is 9.90. The van der Waals surface area contributed by atoms with Crippen LogP contribution in [0.4, 0.5) is 10.3 Å². The Kier molecular flexibility index (Phi) is 3.73. The lowest BCUT2D eigenvalue weighted by Gasteiger charge is -2.28. The minimum absolute atomic E-state index is 0.0250. The number of hydrogen-bond acceptors (Lipinski definition) is 5. The fraction of sp³-hybridized carbons (Fsp3) is 0.278. The zero-order valence-corrected chi connectivity index (χ0v) is 14.1. The Morgan fingerprint density at radius 1 is 1.32 bits per heavy atom. The minimum Gasteiger partial charge on any atom is -0.368 e. The van der Waals surface area contributed by atoms with Crippen molar-refractivity contribution in [1.29, 1.82) is 0 Å². The quantitative estimate of drug-likeness (QED) is 0.749. The van der Waals surface area contributed by atoms with E-state index in [-0.39, 0.29) is 11.9 Å². The number of halogens is 1. The Labute approximate surface area is 144 Å². The number of nitrogens with zero attached hydrogens (tertiary/aromatic N) is 4. The monoisotopic (exact) mass is 338 g/mol. The van der Waals surface area contributed by atoms with Gasteiger partial charge in [0.2, 0.25) is 5.95 Å². The molecule has 7 heteroatoms. The first kappa shape index (κ1) is 15.7. The van der Waals surface area contributed by atoms with Gasteiger partial charge in [0.05, 0.1) is 11.9 Å². The molecule has 3 N–H and O–H groups in total. The van der Waals surface area contributed by atoms with E-state index in [1.54, 1.807) is 16.9 Å². The number of nitrogens with one attached hydrogen (secondary N) is 1. The van der Waals surface area contributed by atoms with Crippen LogP contribution in [0.2, 0.25) is 0 Å². The van der Waals surface area contributed by atoms with Gasteiger partial charge in [-0.15, -0.1) is 0 Å². The summed E-state index contributed by atoms with van der Waals surface area (Å²) in [7, 11) is 1.85. The van der Waals surface area contributed by atoms with Gasteiger partial charge in [-0.05, 0) is 30.2 Å². The Morgan fingerprint density at radius 3 is 2.92 bits per heavy atom. The van der Waals surface area contributed by atoms with Crippen molar-refractivity contribution in [1.82, 2.24) is 25.1 Å². The van der Waals surface area contributed by atoms with Gasteiger partial charge < -0.3 is 11.1 Å². The van der Waals surface area contributed by atoms with Gasteiger partial charge in [-0.1, -0.05) is 6.07 Å². The molecule has 0 radical (unpaired) electrons. The molecule has 3 aromatic rings. The summed E-state index contributed by atoms with van der Waals surface area (Å²) in [6.45, 7) is 2.60. The molecule has 4 rings (SSSR count). The molecule has 3 heterocycles. The van der Waals surface area contributed by atoms with Gasteiger partial charge in [0.25, 0.3) is 0 Å². The van der Waals surface area contributed by atoms with E-state index in [0.717, 1.165) is 33.6 Å². The predicted molar refractivity (Wildman–Crippen MR) is 93.1 cm³/mol. The number of anilines is 1. The van der Waals surface area contributed by atoms with Crippen molar-refractivity contribution in [3.05, 3.63) is 58.9 Å². The van der Waals surface area contributed by atoms with Crippen LogP contribution >= 0.6 is 0 Å². The maximum Gasteiger partial charge on any atom is 0.220 e. The average Bonchev–Trinajstić information content (AvgIpc) is 3.00. The van der Waals surface area contributed by atoms with Crippen LogP contribution < -0.4 is 11.1 Å². The molecular formula is C18H19FN6. The molecule has 0 spiro atoms. The topological polar surface area (TPSA) is 81.7 Å². The molecule has 1 aromatic carbocycles. The molecular weight excluding hydrogens is 319 g/mol. The third kappa shape index (κ3) is 2.87. The molecule has 6 nitrogen and oxygen atoms in total. The lowest BCUT2D eigenvalue weighted by Crippen LogP contribution is -2.31. The molecule has 25 heavy (non-hydrogen) atoms. The Morgan fingerprint density at radius 2 is 2.16 bits per heavy atom. The van der Waals surface area contributed by atoms with Crippen molar-refractivity contribution in [3.8, 4) is 11.1 Å². The maximum atomic E-state index is 13.9. The third-order valence-electron chi connectivity index (χ3n) is 4.65. The molecule has 0 amide bonds. The first-order chi connectivity index (χ1) is 12.0. The number of nitrogen functional groups attached to an aromatic ring is 1. The molecule has 0 fully saturated rings. The summed E-state index contributed by atoms with van der Waals surface area (Å²) in [5.74, 6) is 0.0321. The maximum absolute atomic E-state index is 13.9. The normalized spacial score (nSPS) is 16.7. The molecule has 2 aromatic heterocycles. The largest absolute Gasteiger partial charge is 0.368 e. The Bertz CT molecular complexity index is 949. The van der Waals surface area contributed by atoms with Crippen LogP contribution in [0, 0.1) is 12.7 Å². The summed E-state index contributed by atoms with van der Waals surface area (Å²) in [6, 6.07) is 4.91. The number of nitrogens with two attached hydrogens (primary N) is 1. The highest BCUT2D eigenvalue weighted by atomic mass is 19.1. The fourth-order valence-electron chi connectivity index (χ4n) is 3.43. The second-order valence-electron chi connectivity index (χ2n) is 6.36. The number of aryl methyl sites for hydroxylation is 2. The molecule has 1 aliphatic rings. The van der Waals surface area contributed by atoms with Crippen LogP contribution in [-0.4, -0.2) is 19.7 Å². The fourth-order valence-corrected chi connectivity index (χ4v) is 3.43. The molecule has 1 unspecified atom stereocenters. The first-order valence-electron chi connectivity index (χ1n) is 8.15. The summed E-state index contributed by atoms with van der Waals surface area (Å²) < 4.78 is 15.6. The van der Waals surface area contributed by atoms with E-state index in [1.807, 2.05) is 26.2 Å². The van der Waals surface area contributed by atoms with E-state index in [0.29, 0.717) is 18.9 Å². The molecule has 0 aliphatic carbocycles. The van der Waals surface area contributed by atoms with E-state index >= 15 is 0 Å². The second kappa shape index (κ2) is 5.93. The first-order valence-corrected chi connectivity index (χ1v) is 8.15. The number of fused-ring (bicyclic) bond motifs is 1. The highest BCUT2D eigenvalue weighted by Crippen LogP contribution is 2.33. The van der Waals surface area contributed by atoms with Crippen molar-refractivity contribution >= 4 is 5.95 Å². The van der Waals surface area contributed by atoms with E-state index in [2.05, 4.69) is 20.4 Å². The summed E-state index contributed by atoms with van der Waals surface area (Å²) in [4.78, 5) is 8.64. The standard InChI is InChI=1S/C18H19FN6/c1-10-15-8-21-16(6-17(15)24-18(20)23-10)13-4-3-12(19)5-14(13)11-7-22-25(2)9-11/h3-5,7,9,16,21H,6,8H2,1-2H3,(H2,20,23,24). The van der Waals surface area contributed by atoms with Gasteiger partial charge in [0.1, 0.15) is 5.82 Å². The minimum atomic E-state index is -0.263. The van der Waals surface area contributed by atoms with Crippen molar-refractivity contribution in [2.24, 2.45) is 7.05 Å². The van der Waals surface area contributed by atoms with Crippen molar-refractivity contribution in [3.63, 3.8) is 0 Å². The van der Waals surface area contributed by atoms with Crippen molar-refractivity contribution in [2.45, 2.75) is 25.9 Å². The molecule has 0 bridgehead atoms. The molecule has 0 saturated heterocycles. The molecule has 128 valence electrons. The zero-order chi connectivity index (χ0) is 17.6. The third-order valence-corrected chi connectivity index (χ3v) is 4.65. The zero-order valence-electron chi connectivity index (χ0n) is 14.1. The van der Waals surface area contributed by atoms with Gasteiger partial charge in [-0.2, -0.15) is 5.10 Å². The lowest BCUT2D eigenvalue weighted by molar-refractivity contribution is 0.487. The summed E-state index contributed by atoms with van der Waals surface area (Å²) >= 11 is 0. The van der Waals surface area contributed by atoms with Crippen LogP contribution in [0.5, 0.6) is 0 Å². The van der Waals surface area contributed by atoms with E-state index < -0.39 is 0 Å². The molecule has 1 atom stereocenters. The van der Waals surface area contributed by atoms with Gasteiger partial charge in [-0.25, -0.2) is 14.4 Å². The van der Waals surface area contributed by atoms with Gasteiger partial charge >= 0.3 is 0 Å². The molecule has 1 aliphatic heterocycles. The molecule has 0 saturated carbocycles. The van der Waals surface area contributed by atoms with Crippen LogP contribution in [0.1, 0.15) is 28.6 Å².